The van der Waals surface area contributed by atoms with Crippen molar-refractivity contribution in [2.24, 2.45) is 0 Å². The SMILES string of the molecule is N#Cc1cc(Sc2ccc(O)cc2)ccc1[N+](=O)[O-]. The lowest BCUT2D eigenvalue weighted by Gasteiger charge is -2.02. The van der Waals surface area contributed by atoms with Crippen molar-refractivity contribution in [3.8, 4) is 11.8 Å². The zero-order valence-corrected chi connectivity index (χ0v) is 10.4. The maximum atomic E-state index is 10.7. The van der Waals surface area contributed by atoms with Crippen molar-refractivity contribution in [1.29, 1.82) is 5.26 Å². The fourth-order valence-electron chi connectivity index (χ4n) is 1.48. The molecule has 1 N–H and O–H groups in total. The minimum Gasteiger partial charge on any atom is -0.508 e. The fraction of sp³-hybridized carbons (Fsp3) is 0. The predicted molar refractivity (Wildman–Crippen MR) is 70.0 cm³/mol. The zero-order chi connectivity index (χ0) is 13.8. The molecular formula is C13H8N2O3S. The van der Waals surface area contributed by atoms with E-state index in [2.05, 4.69) is 0 Å². The van der Waals surface area contributed by atoms with Gasteiger partial charge in [0.25, 0.3) is 5.69 Å². The average molecular weight is 272 g/mol. The third kappa shape index (κ3) is 3.03. The maximum absolute atomic E-state index is 10.7. The van der Waals surface area contributed by atoms with E-state index < -0.39 is 4.92 Å². The highest BCUT2D eigenvalue weighted by Gasteiger charge is 2.13. The molecule has 0 bridgehead atoms. The molecule has 94 valence electrons. The summed E-state index contributed by atoms with van der Waals surface area (Å²) < 4.78 is 0. The van der Waals surface area contributed by atoms with E-state index in [1.54, 1.807) is 30.3 Å². The van der Waals surface area contributed by atoms with Gasteiger partial charge >= 0.3 is 0 Å². The number of nitro groups is 1. The first-order valence-electron chi connectivity index (χ1n) is 5.25. The lowest BCUT2D eigenvalue weighted by atomic mass is 10.2. The molecule has 0 aliphatic heterocycles. The molecule has 0 saturated carbocycles. The first kappa shape index (κ1) is 12.9. The van der Waals surface area contributed by atoms with Gasteiger partial charge in [-0.15, -0.1) is 0 Å². The van der Waals surface area contributed by atoms with E-state index in [1.165, 1.54) is 23.9 Å². The topological polar surface area (TPSA) is 87.2 Å². The van der Waals surface area contributed by atoms with Gasteiger partial charge in [-0.3, -0.25) is 10.1 Å². The summed E-state index contributed by atoms with van der Waals surface area (Å²) >= 11 is 1.36. The second kappa shape index (κ2) is 5.42. The summed E-state index contributed by atoms with van der Waals surface area (Å²) in [4.78, 5) is 11.7. The van der Waals surface area contributed by atoms with Crippen LogP contribution in [0, 0.1) is 21.4 Å². The summed E-state index contributed by atoms with van der Waals surface area (Å²) in [6, 6.07) is 12.8. The average Bonchev–Trinajstić information content (AvgIpc) is 2.41. The molecule has 6 heteroatoms. The summed E-state index contributed by atoms with van der Waals surface area (Å²) in [5.74, 6) is 0.172. The van der Waals surface area contributed by atoms with Gasteiger partial charge in [0.05, 0.1) is 4.92 Å². The number of phenols is 1. The van der Waals surface area contributed by atoms with Gasteiger partial charge in [-0.25, -0.2) is 0 Å². The van der Waals surface area contributed by atoms with Crippen LogP contribution >= 0.6 is 11.8 Å². The van der Waals surface area contributed by atoms with Crippen molar-refractivity contribution in [2.75, 3.05) is 0 Å². The van der Waals surface area contributed by atoms with Gasteiger partial charge in [-0.2, -0.15) is 5.26 Å². The Hall–Kier alpha value is -2.52. The monoisotopic (exact) mass is 272 g/mol. The first-order valence-corrected chi connectivity index (χ1v) is 6.07. The quantitative estimate of drug-likeness (QED) is 0.684. The van der Waals surface area contributed by atoms with Crippen LogP contribution in [0.4, 0.5) is 5.69 Å². The van der Waals surface area contributed by atoms with Crippen LogP contribution in [0.15, 0.2) is 52.3 Å². The van der Waals surface area contributed by atoms with Crippen molar-refractivity contribution in [1.82, 2.24) is 0 Å². The molecule has 0 amide bonds. The van der Waals surface area contributed by atoms with Crippen LogP contribution in [-0.2, 0) is 0 Å². The molecule has 2 rings (SSSR count). The van der Waals surface area contributed by atoms with E-state index in [-0.39, 0.29) is 17.0 Å². The van der Waals surface area contributed by atoms with Gasteiger partial charge in [0.1, 0.15) is 17.4 Å². The molecule has 0 atom stereocenters. The number of rotatable bonds is 3. The van der Waals surface area contributed by atoms with E-state index in [0.717, 1.165) is 9.79 Å². The molecule has 0 aliphatic carbocycles. The predicted octanol–water partition coefficient (Wildman–Crippen LogP) is 3.32. The largest absolute Gasteiger partial charge is 0.508 e. The zero-order valence-electron chi connectivity index (χ0n) is 9.61. The number of phenolic OH excluding ortho intramolecular Hbond substituents is 1. The van der Waals surface area contributed by atoms with Crippen LogP contribution in [0.5, 0.6) is 5.75 Å². The number of nitriles is 1. The van der Waals surface area contributed by atoms with Crippen LogP contribution in [0.1, 0.15) is 5.56 Å². The molecule has 0 heterocycles. The smallest absolute Gasteiger partial charge is 0.287 e. The Morgan fingerprint density at radius 3 is 2.37 bits per heavy atom. The molecule has 0 unspecified atom stereocenters. The number of hydrogen-bond acceptors (Lipinski definition) is 5. The van der Waals surface area contributed by atoms with Crippen LogP contribution in [0.3, 0.4) is 0 Å². The van der Waals surface area contributed by atoms with Crippen molar-refractivity contribution in [3.05, 3.63) is 58.1 Å². The normalized spacial score (nSPS) is 9.84. The van der Waals surface area contributed by atoms with Crippen LogP contribution < -0.4 is 0 Å². The molecular weight excluding hydrogens is 264 g/mol. The number of benzene rings is 2. The van der Waals surface area contributed by atoms with Gasteiger partial charge < -0.3 is 5.11 Å². The number of nitro benzene ring substituents is 1. The summed E-state index contributed by atoms with van der Waals surface area (Å²) in [6.45, 7) is 0. The third-order valence-corrected chi connectivity index (χ3v) is 3.36. The third-order valence-electron chi connectivity index (χ3n) is 2.36. The molecule has 2 aromatic rings. The Kier molecular flexibility index (Phi) is 3.68. The molecule has 0 radical (unpaired) electrons. The molecule has 0 saturated heterocycles. The van der Waals surface area contributed by atoms with Crippen LogP contribution in [-0.4, -0.2) is 10.0 Å². The minimum atomic E-state index is -0.576. The van der Waals surface area contributed by atoms with Crippen LogP contribution in [0.2, 0.25) is 0 Å². The van der Waals surface area contributed by atoms with Crippen LogP contribution in [0.25, 0.3) is 0 Å². The van der Waals surface area contributed by atoms with E-state index in [4.69, 9.17) is 5.26 Å². The van der Waals surface area contributed by atoms with E-state index in [9.17, 15) is 15.2 Å². The molecule has 0 aliphatic rings. The van der Waals surface area contributed by atoms with Crippen molar-refractivity contribution in [3.63, 3.8) is 0 Å². The summed E-state index contributed by atoms with van der Waals surface area (Å²) in [5, 5.41) is 28.8. The van der Waals surface area contributed by atoms with E-state index in [0.29, 0.717) is 0 Å². The molecule has 5 nitrogen and oxygen atoms in total. The number of nitrogens with zero attached hydrogens (tertiary/aromatic N) is 2. The molecule has 0 fully saturated rings. The summed E-state index contributed by atoms with van der Waals surface area (Å²) in [7, 11) is 0. The van der Waals surface area contributed by atoms with E-state index >= 15 is 0 Å². The summed E-state index contributed by atoms with van der Waals surface area (Å²) in [5.41, 5.74) is -0.161. The summed E-state index contributed by atoms with van der Waals surface area (Å²) in [6.07, 6.45) is 0. The Morgan fingerprint density at radius 2 is 1.79 bits per heavy atom. The first-order chi connectivity index (χ1) is 9.10. The highest BCUT2D eigenvalue weighted by atomic mass is 32.2. The lowest BCUT2D eigenvalue weighted by Crippen LogP contribution is -1.92. The Bertz CT molecular complexity index is 663. The molecule has 0 spiro atoms. The molecule has 2 aromatic carbocycles. The number of hydrogen-bond donors (Lipinski definition) is 1. The Balaban J connectivity index is 2.29. The van der Waals surface area contributed by atoms with Gasteiger partial charge in [0, 0.05) is 15.9 Å². The standard InChI is InChI=1S/C13H8N2O3S/c14-8-9-7-12(5-6-13(9)15(17)18)19-11-3-1-10(16)2-4-11/h1-7,16H. The highest BCUT2D eigenvalue weighted by Crippen LogP contribution is 2.31. The van der Waals surface area contributed by atoms with Crippen molar-refractivity contribution >= 4 is 17.4 Å². The minimum absolute atomic E-state index is 0.0359. The van der Waals surface area contributed by atoms with Gasteiger partial charge in [0.15, 0.2) is 0 Å². The van der Waals surface area contributed by atoms with Crippen molar-refractivity contribution in [2.45, 2.75) is 9.79 Å². The second-order valence-corrected chi connectivity index (χ2v) is 4.79. The number of aromatic hydroxyl groups is 1. The van der Waals surface area contributed by atoms with Gasteiger partial charge in [-0.1, -0.05) is 11.8 Å². The fourth-order valence-corrected chi connectivity index (χ4v) is 2.33. The second-order valence-electron chi connectivity index (χ2n) is 3.64. The van der Waals surface area contributed by atoms with Crippen molar-refractivity contribution < 1.29 is 10.0 Å². The highest BCUT2D eigenvalue weighted by molar-refractivity contribution is 7.99. The van der Waals surface area contributed by atoms with E-state index in [1.807, 2.05) is 6.07 Å². The Labute approximate surface area is 113 Å². The lowest BCUT2D eigenvalue weighted by molar-refractivity contribution is -0.385. The molecule has 0 aromatic heterocycles. The Morgan fingerprint density at radius 1 is 1.16 bits per heavy atom. The molecule has 19 heavy (non-hydrogen) atoms. The van der Waals surface area contributed by atoms with Gasteiger partial charge in [0.2, 0.25) is 0 Å². The maximum Gasteiger partial charge on any atom is 0.287 e. The van der Waals surface area contributed by atoms with Gasteiger partial charge in [-0.05, 0) is 36.4 Å².